The van der Waals surface area contributed by atoms with Crippen LogP contribution in [0.3, 0.4) is 0 Å². The molecule has 1 saturated heterocycles. The molecule has 1 aliphatic heterocycles. The van der Waals surface area contributed by atoms with Crippen LogP contribution in [0.25, 0.3) is 0 Å². The third-order valence-electron chi connectivity index (χ3n) is 4.52. The SMILES string of the molecule is CN/C=C(/Nc1ncc(CNCc2ccccc2)c(N[C@@H]2CCNC2)n1)C(=N)Cl. The van der Waals surface area contributed by atoms with Crippen LogP contribution in [0, 0.1) is 5.41 Å². The lowest BCUT2D eigenvalue weighted by Crippen LogP contribution is -2.25. The van der Waals surface area contributed by atoms with Gasteiger partial charge >= 0.3 is 0 Å². The first-order chi connectivity index (χ1) is 14.2. The predicted octanol–water partition coefficient (Wildman–Crippen LogP) is 2.23. The average Bonchev–Trinajstić information content (AvgIpc) is 3.23. The van der Waals surface area contributed by atoms with E-state index in [4.69, 9.17) is 17.0 Å². The summed E-state index contributed by atoms with van der Waals surface area (Å²) < 4.78 is 0. The monoisotopic (exact) mass is 414 g/mol. The summed E-state index contributed by atoms with van der Waals surface area (Å²) in [5, 5.41) is 23.7. The minimum atomic E-state index is -0.119. The molecule has 8 nitrogen and oxygen atoms in total. The molecule has 0 spiro atoms. The Balaban J connectivity index is 1.73. The highest BCUT2D eigenvalue weighted by Crippen LogP contribution is 2.18. The van der Waals surface area contributed by atoms with Crippen molar-refractivity contribution in [1.82, 2.24) is 25.9 Å². The fraction of sp³-hybridized carbons (Fsp3) is 0.350. The number of aromatic nitrogens is 2. The van der Waals surface area contributed by atoms with Crippen molar-refractivity contribution in [2.75, 3.05) is 30.8 Å². The van der Waals surface area contributed by atoms with Gasteiger partial charge in [-0.1, -0.05) is 41.9 Å². The highest BCUT2D eigenvalue weighted by atomic mass is 35.5. The first kappa shape index (κ1) is 21.0. The van der Waals surface area contributed by atoms with Gasteiger partial charge in [0.2, 0.25) is 5.95 Å². The van der Waals surface area contributed by atoms with Crippen molar-refractivity contribution in [3.8, 4) is 0 Å². The zero-order valence-electron chi connectivity index (χ0n) is 16.4. The van der Waals surface area contributed by atoms with Crippen LogP contribution in [-0.4, -0.2) is 41.3 Å². The molecule has 29 heavy (non-hydrogen) atoms. The molecular formula is C20H27ClN8. The van der Waals surface area contributed by atoms with Crippen molar-refractivity contribution in [1.29, 1.82) is 5.41 Å². The summed E-state index contributed by atoms with van der Waals surface area (Å²) in [6.07, 6.45) is 4.44. The van der Waals surface area contributed by atoms with Crippen molar-refractivity contribution in [2.45, 2.75) is 25.6 Å². The Morgan fingerprint density at radius 2 is 2.14 bits per heavy atom. The van der Waals surface area contributed by atoms with Gasteiger partial charge in [0.1, 0.15) is 11.0 Å². The van der Waals surface area contributed by atoms with Crippen molar-refractivity contribution in [3.63, 3.8) is 0 Å². The maximum absolute atomic E-state index is 7.66. The third kappa shape index (κ3) is 6.42. The van der Waals surface area contributed by atoms with Gasteiger partial charge in [0.25, 0.3) is 0 Å². The van der Waals surface area contributed by atoms with Crippen LogP contribution in [-0.2, 0) is 13.1 Å². The molecule has 0 saturated carbocycles. The van der Waals surface area contributed by atoms with Crippen LogP contribution in [0.4, 0.5) is 11.8 Å². The van der Waals surface area contributed by atoms with E-state index in [1.165, 1.54) is 5.56 Å². The van der Waals surface area contributed by atoms with Crippen LogP contribution in [0.2, 0.25) is 0 Å². The smallest absolute Gasteiger partial charge is 0.229 e. The van der Waals surface area contributed by atoms with E-state index in [9.17, 15) is 0 Å². The predicted molar refractivity (Wildman–Crippen MR) is 118 cm³/mol. The lowest BCUT2D eigenvalue weighted by Gasteiger charge is -2.17. The molecule has 1 aromatic carbocycles. The molecule has 0 unspecified atom stereocenters. The molecule has 1 atom stereocenters. The quantitative estimate of drug-likeness (QED) is 0.331. The summed E-state index contributed by atoms with van der Waals surface area (Å²) in [6, 6.07) is 10.6. The van der Waals surface area contributed by atoms with Crippen LogP contribution >= 0.6 is 11.6 Å². The molecule has 0 aliphatic carbocycles. The van der Waals surface area contributed by atoms with Gasteiger partial charge in [-0.25, -0.2) is 4.98 Å². The van der Waals surface area contributed by atoms with E-state index in [1.807, 2.05) is 18.2 Å². The Hall–Kier alpha value is -2.68. The summed E-state index contributed by atoms with van der Waals surface area (Å²) >= 11 is 5.83. The summed E-state index contributed by atoms with van der Waals surface area (Å²) in [6.45, 7) is 3.31. The highest BCUT2D eigenvalue weighted by Gasteiger charge is 2.17. The number of anilines is 2. The largest absolute Gasteiger partial charge is 0.392 e. The topological polar surface area (TPSA) is 110 Å². The van der Waals surface area contributed by atoms with E-state index in [-0.39, 0.29) is 5.17 Å². The molecule has 1 aliphatic rings. The second-order valence-electron chi connectivity index (χ2n) is 6.78. The minimum Gasteiger partial charge on any atom is -0.392 e. The molecule has 1 aromatic heterocycles. The van der Waals surface area contributed by atoms with Crippen LogP contribution in [0.1, 0.15) is 17.5 Å². The normalized spacial score (nSPS) is 16.5. The molecule has 1 fully saturated rings. The Morgan fingerprint density at radius 3 is 2.83 bits per heavy atom. The molecule has 2 aromatic rings. The van der Waals surface area contributed by atoms with Gasteiger partial charge < -0.3 is 26.6 Å². The van der Waals surface area contributed by atoms with Gasteiger partial charge in [-0.3, -0.25) is 5.41 Å². The Labute approximate surface area is 176 Å². The van der Waals surface area contributed by atoms with Gasteiger partial charge in [-0.05, 0) is 18.5 Å². The summed E-state index contributed by atoms with van der Waals surface area (Å²) in [5.41, 5.74) is 2.61. The fourth-order valence-corrected chi connectivity index (χ4v) is 3.15. The van der Waals surface area contributed by atoms with Crippen LogP contribution in [0.15, 0.2) is 48.4 Å². The van der Waals surface area contributed by atoms with Gasteiger partial charge in [-0.15, -0.1) is 0 Å². The molecule has 2 heterocycles. The summed E-state index contributed by atoms with van der Waals surface area (Å²) in [7, 11) is 1.74. The van der Waals surface area contributed by atoms with E-state index in [1.54, 1.807) is 19.4 Å². The summed E-state index contributed by atoms with van der Waals surface area (Å²) in [5.74, 6) is 1.17. The van der Waals surface area contributed by atoms with Gasteiger partial charge in [0.15, 0.2) is 0 Å². The molecule has 3 rings (SSSR count). The number of nitrogens with zero attached hydrogens (tertiary/aromatic N) is 2. The summed E-state index contributed by atoms with van der Waals surface area (Å²) in [4.78, 5) is 9.04. The zero-order valence-corrected chi connectivity index (χ0v) is 17.2. The number of nitrogens with one attached hydrogen (secondary N) is 6. The van der Waals surface area contributed by atoms with Gasteiger partial charge in [0.05, 0.1) is 5.70 Å². The van der Waals surface area contributed by atoms with Gasteiger partial charge in [-0.2, -0.15) is 4.98 Å². The number of rotatable bonds is 10. The van der Waals surface area contributed by atoms with Crippen LogP contribution < -0.4 is 26.6 Å². The first-order valence-corrected chi connectivity index (χ1v) is 10.00. The molecule has 154 valence electrons. The zero-order chi connectivity index (χ0) is 20.5. The average molecular weight is 415 g/mol. The standard InChI is InChI=1S/C20H27ClN8/c1-23-13-17(18(21)22)28-20-26-11-15(10-25-9-14-5-3-2-4-6-14)19(29-20)27-16-7-8-24-12-16/h2-6,11,13,16,22-25H,7-10,12H2,1H3,(H2,26,27,28,29)/b17-13+,22-18?/t16-/m1/s1. The van der Waals surface area contributed by atoms with E-state index >= 15 is 0 Å². The lowest BCUT2D eigenvalue weighted by atomic mass is 10.2. The van der Waals surface area contributed by atoms with E-state index in [2.05, 4.69) is 48.7 Å². The number of benzene rings is 1. The Bertz CT molecular complexity index is 834. The van der Waals surface area contributed by atoms with Crippen molar-refractivity contribution < 1.29 is 0 Å². The van der Waals surface area contributed by atoms with Crippen LogP contribution in [0.5, 0.6) is 0 Å². The number of allylic oxidation sites excluding steroid dienone is 1. The minimum absolute atomic E-state index is 0.119. The first-order valence-electron chi connectivity index (χ1n) is 9.62. The fourth-order valence-electron chi connectivity index (χ4n) is 3.05. The van der Waals surface area contributed by atoms with E-state index in [0.29, 0.717) is 24.2 Å². The number of halogens is 1. The van der Waals surface area contributed by atoms with Crippen molar-refractivity contribution in [3.05, 3.63) is 59.6 Å². The maximum Gasteiger partial charge on any atom is 0.229 e. The lowest BCUT2D eigenvalue weighted by molar-refractivity contribution is 0.686. The second-order valence-corrected chi connectivity index (χ2v) is 7.15. The maximum atomic E-state index is 7.66. The van der Waals surface area contributed by atoms with E-state index in [0.717, 1.165) is 37.4 Å². The van der Waals surface area contributed by atoms with Crippen molar-refractivity contribution in [2.24, 2.45) is 0 Å². The molecule has 0 radical (unpaired) electrons. The molecular weight excluding hydrogens is 388 g/mol. The molecule has 0 bridgehead atoms. The van der Waals surface area contributed by atoms with E-state index < -0.39 is 0 Å². The Morgan fingerprint density at radius 1 is 1.31 bits per heavy atom. The molecule has 0 amide bonds. The Kier molecular flexibility index (Phi) is 7.80. The highest BCUT2D eigenvalue weighted by molar-refractivity contribution is 6.68. The molecule has 6 N–H and O–H groups in total. The third-order valence-corrected chi connectivity index (χ3v) is 4.73. The molecule has 9 heteroatoms. The number of hydrogen-bond donors (Lipinski definition) is 6. The number of hydrogen-bond acceptors (Lipinski definition) is 8. The van der Waals surface area contributed by atoms with Gasteiger partial charge in [0, 0.05) is 50.7 Å². The second kappa shape index (κ2) is 10.8. The van der Waals surface area contributed by atoms with Crippen molar-refractivity contribution >= 4 is 28.5 Å².